The Balaban J connectivity index is 1.88. The first-order valence-corrected chi connectivity index (χ1v) is 11.1. The van der Waals surface area contributed by atoms with Crippen molar-refractivity contribution >= 4 is 0 Å². The van der Waals surface area contributed by atoms with E-state index < -0.39 is 11.9 Å². The van der Waals surface area contributed by atoms with Crippen LogP contribution in [0.4, 0.5) is 0 Å². The predicted octanol–water partition coefficient (Wildman–Crippen LogP) is 3.98. The monoisotopic (exact) mass is 380 g/mol. The van der Waals surface area contributed by atoms with Gasteiger partial charge in [-0.2, -0.15) is 0 Å². The van der Waals surface area contributed by atoms with Crippen LogP contribution in [0.5, 0.6) is 0 Å². The van der Waals surface area contributed by atoms with Gasteiger partial charge in [-0.3, -0.25) is 0 Å². The van der Waals surface area contributed by atoms with Gasteiger partial charge in [0, 0.05) is 5.41 Å². The van der Waals surface area contributed by atoms with Crippen molar-refractivity contribution in [1.82, 2.24) is 0 Å². The Morgan fingerprint density at radius 3 is 2.19 bits per heavy atom. The number of hydrogen-bond acceptors (Lipinski definition) is 4. The molecule has 10 atom stereocenters. The zero-order valence-corrected chi connectivity index (χ0v) is 18.2. The molecule has 0 aromatic carbocycles. The number of rotatable bonds is 0. The molecule has 0 spiro atoms. The number of aliphatic hydroxyl groups is 2. The van der Waals surface area contributed by atoms with Gasteiger partial charge in [0.05, 0.1) is 24.4 Å². The van der Waals surface area contributed by atoms with Crippen LogP contribution in [0, 0.1) is 40.4 Å². The summed E-state index contributed by atoms with van der Waals surface area (Å²) in [5, 5.41) is 22.4. The van der Waals surface area contributed by atoms with Crippen LogP contribution in [0.3, 0.4) is 0 Å². The molecule has 0 radical (unpaired) electrons. The molecule has 4 fully saturated rings. The molecule has 0 amide bonds. The lowest BCUT2D eigenvalue weighted by Gasteiger charge is -2.62. The summed E-state index contributed by atoms with van der Waals surface area (Å²) in [6.45, 7) is 15.5. The Kier molecular flexibility index (Phi) is 4.60. The Morgan fingerprint density at radius 2 is 1.52 bits per heavy atom. The van der Waals surface area contributed by atoms with Gasteiger partial charge in [-0.05, 0) is 74.5 Å². The molecular formula is C23H40O4. The Bertz CT molecular complexity index is 587. The number of aliphatic hydroxyl groups excluding tert-OH is 2. The van der Waals surface area contributed by atoms with Gasteiger partial charge in [0.1, 0.15) is 0 Å². The van der Waals surface area contributed by atoms with Crippen molar-refractivity contribution in [2.45, 2.75) is 104 Å². The average Bonchev–Trinajstić information content (AvgIpc) is 2.86. The van der Waals surface area contributed by atoms with Crippen LogP contribution in [-0.4, -0.2) is 40.4 Å². The molecule has 4 unspecified atom stereocenters. The van der Waals surface area contributed by atoms with E-state index in [0.717, 1.165) is 25.7 Å². The Hall–Kier alpha value is -0.160. The molecule has 156 valence electrons. The lowest BCUT2D eigenvalue weighted by Crippen LogP contribution is -2.65. The Labute approximate surface area is 165 Å². The summed E-state index contributed by atoms with van der Waals surface area (Å²) in [7, 11) is 0. The first-order valence-electron chi connectivity index (χ1n) is 11.1. The predicted molar refractivity (Wildman–Crippen MR) is 105 cm³/mol. The second kappa shape index (κ2) is 6.17. The molecule has 3 saturated carbocycles. The number of ether oxygens (including phenoxy) is 2. The van der Waals surface area contributed by atoms with E-state index in [1.807, 2.05) is 13.8 Å². The molecule has 0 aromatic rings. The van der Waals surface area contributed by atoms with Crippen molar-refractivity contribution in [2.24, 2.45) is 40.4 Å². The molecule has 4 rings (SSSR count). The lowest BCUT2D eigenvalue weighted by atomic mass is 9.46. The largest absolute Gasteiger partial charge is 0.393 e. The summed E-state index contributed by atoms with van der Waals surface area (Å²) in [6, 6.07) is 0. The van der Waals surface area contributed by atoms with E-state index in [9.17, 15) is 10.2 Å². The van der Waals surface area contributed by atoms with Crippen LogP contribution in [-0.2, 0) is 9.47 Å². The fourth-order valence-corrected chi connectivity index (χ4v) is 7.91. The van der Waals surface area contributed by atoms with Crippen LogP contribution in [0.15, 0.2) is 0 Å². The van der Waals surface area contributed by atoms with Gasteiger partial charge in [-0.1, -0.05) is 34.6 Å². The summed E-state index contributed by atoms with van der Waals surface area (Å²) in [4.78, 5) is 0. The van der Waals surface area contributed by atoms with E-state index in [0.29, 0.717) is 11.8 Å². The molecule has 4 heteroatoms. The van der Waals surface area contributed by atoms with Crippen molar-refractivity contribution in [3.8, 4) is 0 Å². The van der Waals surface area contributed by atoms with Crippen LogP contribution in [0.25, 0.3) is 0 Å². The second-order valence-corrected chi connectivity index (χ2v) is 11.5. The third-order valence-electron chi connectivity index (χ3n) is 9.19. The van der Waals surface area contributed by atoms with Crippen molar-refractivity contribution in [3.05, 3.63) is 0 Å². The highest BCUT2D eigenvalue weighted by atomic mass is 16.8. The van der Waals surface area contributed by atoms with Gasteiger partial charge >= 0.3 is 0 Å². The highest BCUT2D eigenvalue weighted by Gasteiger charge is 2.66. The van der Waals surface area contributed by atoms with Gasteiger partial charge in [-0.25, -0.2) is 0 Å². The fraction of sp³-hybridized carbons (Fsp3) is 1.00. The maximum absolute atomic E-state index is 11.7. The molecule has 2 N–H and O–H groups in total. The molecule has 4 aliphatic rings. The third kappa shape index (κ3) is 2.77. The molecule has 1 saturated heterocycles. The van der Waals surface area contributed by atoms with Crippen LogP contribution < -0.4 is 0 Å². The van der Waals surface area contributed by atoms with E-state index in [-0.39, 0.29) is 46.9 Å². The van der Waals surface area contributed by atoms with Crippen molar-refractivity contribution in [1.29, 1.82) is 0 Å². The van der Waals surface area contributed by atoms with E-state index in [1.54, 1.807) is 0 Å². The summed E-state index contributed by atoms with van der Waals surface area (Å²) in [5.41, 5.74) is -0.201. The topological polar surface area (TPSA) is 58.9 Å². The molecule has 4 nitrogen and oxygen atoms in total. The first-order chi connectivity index (χ1) is 12.4. The van der Waals surface area contributed by atoms with Gasteiger partial charge < -0.3 is 19.7 Å². The average molecular weight is 381 g/mol. The Morgan fingerprint density at radius 1 is 0.852 bits per heavy atom. The maximum Gasteiger partial charge on any atom is 0.163 e. The molecule has 2 bridgehead atoms. The quantitative estimate of drug-likeness (QED) is 0.667. The van der Waals surface area contributed by atoms with Crippen molar-refractivity contribution in [3.63, 3.8) is 0 Å². The van der Waals surface area contributed by atoms with Crippen LogP contribution >= 0.6 is 0 Å². The molecule has 27 heavy (non-hydrogen) atoms. The number of fused-ring (bicyclic) bond motifs is 6. The SMILES string of the molecule is CC1C2[C@@H](O)C3CC[C@@H](C)C([C@H]4OC(C)(C)O[C@H]4[C@]2(C)CC[C@H]1O)C3(C)C. The molecule has 1 heterocycles. The molecule has 1 aliphatic heterocycles. The third-order valence-corrected chi connectivity index (χ3v) is 9.19. The number of hydrogen-bond donors (Lipinski definition) is 2. The van der Waals surface area contributed by atoms with Gasteiger partial charge in [0.15, 0.2) is 5.79 Å². The van der Waals surface area contributed by atoms with Crippen LogP contribution in [0.1, 0.15) is 74.1 Å². The zero-order valence-electron chi connectivity index (χ0n) is 18.2. The fourth-order valence-electron chi connectivity index (χ4n) is 7.91. The summed E-state index contributed by atoms with van der Waals surface area (Å²) in [6.07, 6.45) is 3.12. The molecule has 0 aromatic heterocycles. The molecular weight excluding hydrogens is 340 g/mol. The minimum absolute atomic E-state index is 0.0206. The van der Waals surface area contributed by atoms with Gasteiger partial charge in [-0.15, -0.1) is 0 Å². The highest BCUT2D eigenvalue weighted by Crippen LogP contribution is 2.63. The highest BCUT2D eigenvalue weighted by molar-refractivity contribution is 5.13. The summed E-state index contributed by atoms with van der Waals surface area (Å²) < 4.78 is 13.2. The van der Waals surface area contributed by atoms with E-state index in [2.05, 4.69) is 34.6 Å². The zero-order chi connectivity index (χ0) is 19.9. The molecule has 3 aliphatic carbocycles. The second-order valence-electron chi connectivity index (χ2n) is 11.5. The van der Waals surface area contributed by atoms with E-state index in [4.69, 9.17) is 9.47 Å². The lowest BCUT2D eigenvalue weighted by molar-refractivity contribution is -0.211. The minimum atomic E-state index is -0.597. The van der Waals surface area contributed by atoms with E-state index in [1.165, 1.54) is 0 Å². The maximum atomic E-state index is 11.7. The van der Waals surface area contributed by atoms with Gasteiger partial charge in [0.25, 0.3) is 0 Å². The van der Waals surface area contributed by atoms with E-state index >= 15 is 0 Å². The van der Waals surface area contributed by atoms with Crippen LogP contribution in [0.2, 0.25) is 0 Å². The standard InChI is InChI=1S/C23H40O4/c1-12-8-9-14-18(25)17-13(2)15(24)10-11-23(17,7)20-19(16(12)21(14,3)4)26-22(5,6)27-20/h12-20,24-25H,8-11H2,1-7H3/t12-,13?,14?,15-,16?,17?,18+,19-,20-,23-/m1/s1. The summed E-state index contributed by atoms with van der Waals surface area (Å²) in [5.74, 6) is 0.672. The first kappa shape index (κ1) is 20.1. The van der Waals surface area contributed by atoms with Crippen molar-refractivity contribution in [2.75, 3.05) is 0 Å². The van der Waals surface area contributed by atoms with Gasteiger partial charge in [0.2, 0.25) is 0 Å². The van der Waals surface area contributed by atoms with Crippen molar-refractivity contribution < 1.29 is 19.7 Å². The minimum Gasteiger partial charge on any atom is -0.393 e. The summed E-state index contributed by atoms with van der Waals surface area (Å²) >= 11 is 0. The normalized spacial score (nSPS) is 56.6. The smallest absolute Gasteiger partial charge is 0.163 e.